The van der Waals surface area contributed by atoms with Gasteiger partial charge in [0.2, 0.25) is 0 Å². The van der Waals surface area contributed by atoms with E-state index < -0.39 is 11.1 Å². The monoisotopic (exact) mass is 417 g/mol. The summed E-state index contributed by atoms with van der Waals surface area (Å²) in [5.74, 6) is 0.383. The number of anilines is 1. The van der Waals surface area contributed by atoms with Gasteiger partial charge >= 0.3 is 11.1 Å². The van der Waals surface area contributed by atoms with Gasteiger partial charge in [0, 0.05) is 23.4 Å². The van der Waals surface area contributed by atoms with Crippen molar-refractivity contribution in [2.75, 3.05) is 5.32 Å². The molecule has 0 bridgehead atoms. The van der Waals surface area contributed by atoms with Gasteiger partial charge in [-0.25, -0.2) is 4.68 Å². The fourth-order valence-electron chi connectivity index (χ4n) is 3.59. The minimum atomic E-state index is -0.712. The molecule has 0 saturated heterocycles. The van der Waals surface area contributed by atoms with Crippen LogP contribution in [0.3, 0.4) is 0 Å². The SMILES string of the molecule is CCn1c(=O)c(=O)[nH]c2cc(C(=O)Nc3ccc(-c4nnnn4C4CC4)cc3)ccc21. The fraction of sp³-hybridized carbons (Fsp3) is 0.238. The number of nitrogens with one attached hydrogen (secondary N) is 2. The van der Waals surface area contributed by atoms with Gasteiger partial charge in [0.05, 0.1) is 17.1 Å². The highest BCUT2D eigenvalue weighted by Gasteiger charge is 2.28. The largest absolute Gasteiger partial charge is 0.322 e. The molecule has 1 aliphatic rings. The van der Waals surface area contributed by atoms with Crippen molar-refractivity contribution in [2.24, 2.45) is 0 Å². The first kappa shape index (κ1) is 18.9. The van der Waals surface area contributed by atoms with Gasteiger partial charge in [-0.3, -0.25) is 14.4 Å². The Morgan fingerprint density at radius 3 is 2.65 bits per heavy atom. The number of nitrogens with zero attached hydrogens (tertiary/aromatic N) is 5. The second-order valence-electron chi connectivity index (χ2n) is 7.45. The lowest BCUT2D eigenvalue weighted by Crippen LogP contribution is -2.36. The van der Waals surface area contributed by atoms with Crippen LogP contribution >= 0.6 is 0 Å². The van der Waals surface area contributed by atoms with E-state index in [1.54, 1.807) is 37.3 Å². The van der Waals surface area contributed by atoms with Crippen molar-refractivity contribution in [2.45, 2.75) is 32.4 Å². The summed E-state index contributed by atoms with van der Waals surface area (Å²) < 4.78 is 3.21. The Bertz CT molecular complexity index is 1410. The van der Waals surface area contributed by atoms with Crippen LogP contribution in [0.2, 0.25) is 0 Å². The van der Waals surface area contributed by atoms with E-state index in [4.69, 9.17) is 0 Å². The Kier molecular flexibility index (Phi) is 4.46. The zero-order chi connectivity index (χ0) is 21.5. The van der Waals surface area contributed by atoms with Gasteiger partial charge in [-0.2, -0.15) is 0 Å². The molecule has 0 aliphatic heterocycles. The Balaban J connectivity index is 1.39. The van der Waals surface area contributed by atoms with E-state index in [1.807, 2.05) is 16.8 Å². The molecular weight excluding hydrogens is 398 g/mol. The quantitative estimate of drug-likeness (QED) is 0.478. The van der Waals surface area contributed by atoms with Crippen LogP contribution in [0.1, 0.15) is 36.2 Å². The molecule has 0 radical (unpaired) electrons. The van der Waals surface area contributed by atoms with Crippen LogP contribution in [0.15, 0.2) is 52.1 Å². The van der Waals surface area contributed by atoms with Gasteiger partial charge in [-0.15, -0.1) is 5.10 Å². The average molecular weight is 417 g/mol. The normalized spacial score (nSPS) is 13.5. The second kappa shape index (κ2) is 7.31. The number of amides is 1. The number of fused-ring (bicyclic) bond motifs is 1. The highest BCUT2D eigenvalue weighted by molar-refractivity contribution is 6.06. The van der Waals surface area contributed by atoms with E-state index in [-0.39, 0.29) is 5.91 Å². The van der Waals surface area contributed by atoms with E-state index in [0.717, 1.165) is 18.4 Å². The topological polar surface area (TPSA) is 128 Å². The maximum Gasteiger partial charge on any atom is 0.316 e. The maximum absolute atomic E-state index is 12.7. The van der Waals surface area contributed by atoms with E-state index >= 15 is 0 Å². The number of H-pyrrole nitrogens is 1. The average Bonchev–Trinajstić information content (AvgIpc) is 3.51. The Morgan fingerprint density at radius 1 is 1.16 bits per heavy atom. The summed E-state index contributed by atoms with van der Waals surface area (Å²) in [7, 11) is 0. The molecule has 1 amide bonds. The number of aromatic nitrogens is 6. The number of aryl methyl sites for hydroxylation is 1. The summed E-state index contributed by atoms with van der Waals surface area (Å²) in [6.07, 6.45) is 2.16. The van der Waals surface area contributed by atoms with Crippen molar-refractivity contribution < 1.29 is 4.79 Å². The van der Waals surface area contributed by atoms with Gasteiger partial charge < -0.3 is 14.9 Å². The lowest BCUT2D eigenvalue weighted by molar-refractivity contribution is 0.102. The van der Waals surface area contributed by atoms with Crippen molar-refractivity contribution in [3.8, 4) is 11.4 Å². The summed E-state index contributed by atoms with van der Waals surface area (Å²) in [5.41, 5.74) is 1.53. The number of carbonyl (C=O) groups is 1. The van der Waals surface area contributed by atoms with Gasteiger partial charge in [0.25, 0.3) is 5.91 Å². The van der Waals surface area contributed by atoms with Gasteiger partial charge in [0.15, 0.2) is 5.82 Å². The minimum Gasteiger partial charge on any atom is -0.322 e. The zero-order valence-electron chi connectivity index (χ0n) is 16.7. The molecule has 2 N–H and O–H groups in total. The van der Waals surface area contributed by atoms with E-state index in [1.165, 1.54) is 4.57 Å². The lowest BCUT2D eigenvalue weighted by Gasteiger charge is -2.10. The molecule has 31 heavy (non-hydrogen) atoms. The maximum atomic E-state index is 12.7. The first-order chi connectivity index (χ1) is 15.0. The third-order valence-corrected chi connectivity index (χ3v) is 5.34. The van der Waals surface area contributed by atoms with Crippen LogP contribution in [-0.4, -0.2) is 35.7 Å². The van der Waals surface area contributed by atoms with Crippen LogP contribution in [0, 0.1) is 0 Å². The molecular formula is C21H19N7O3. The third kappa shape index (κ3) is 3.41. The summed E-state index contributed by atoms with van der Waals surface area (Å²) in [4.78, 5) is 39.1. The first-order valence-electron chi connectivity index (χ1n) is 10.0. The predicted octanol–water partition coefficient (Wildman–Crippen LogP) is 1.95. The molecule has 5 rings (SSSR count). The molecule has 156 valence electrons. The number of hydrogen-bond acceptors (Lipinski definition) is 6. The second-order valence-corrected chi connectivity index (χ2v) is 7.45. The smallest absolute Gasteiger partial charge is 0.316 e. The fourth-order valence-corrected chi connectivity index (χ4v) is 3.59. The Labute approximate surface area is 175 Å². The number of aromatic amines is 1. The number of carbonyl (C=O) groups excluding carboxylic acids is 1. The van der Waals surface area contributed by atoms with Crippen LogP contribution in [0.25, 0.3) is 22.4 Å². The summed E-state index contributed by atoms with van der Waals surface area (Å²) in [6, 6.07) is 12.5. The van der Waals surface area contributed by atoms with Gasteiger partial charge in [0.1, 0.15) is 0 Å². The molecule has 0 atom stereocenters. The van der Waals surface area contributed by atoms with E-state index in [9.17, 15) is 14.4 Å². The van der Waals surface area contributed by atoms with Crippen molar-refractivity contribution in [3.05, 3.63) is 68.7 Å². The molecule has 1 fully saturated rings. The molecule has 2 heterocycles. The van der Waals surface area contributed by atoms with Crippen LogP contribution < -0.4 is 16.4 Å². The highest BCUT2D eigenvalue weighted by Crippen LogP contribution is 2.36. The molecule has 2 aromatic carbocycles. The third-order valence-electron chi connectivity index (χ3n) is 5.34. The predicted molar refractivity (Wildman–Crippen MR) is 114 cm³/mol. The highest BCUT2D eigenvalue weighted by atomic mass is 16.2. The number of hydrogen-bond donors (Lipinski definition) is 2. The van der Waals surface area contributed by atoms with Crippen LogP contribution in [0.5, 0.6) is 0 Å². The number of benzene rings is 2. The molecule has 1 aliphatic carbocycles. The molecule has 10 nitrogen and oxygen atoms in total. The minimum absolute atomic E-state index is 0.326. The summed E-state index contributed by atoms with van der Waals surface area (Å²) in [5, 5.41) is 14.8. The number of tetrazole rings is 1. The van der Waals surface area contributed by atoms with Crippen LogP contribution in [0.4, 0.5) is 5.69 Å². The lowest BCUT2D eigenvalue weighted by atomic mass is 10.1. The molecule has 0 spiro atoms. The summed E-state index contributed by atoms with van der Waals surface area (Å²) >= 11 is 0. The van der Waals surface area contributed by atoms with Crippen molar-refractivity contribution >= 4 is 22.6 Å². The zero-order valence-corrected chi connectivity index (χ0v) is 16.7. The molecule has 10 heteroatoms. The Hall–Kier alpha value is -4.08. The van der Waals surface area contributed by atoms with Gasteiger partial charge in [-0.1, -0.05) is 0 Å². The van der Waals surface area contributed by atoms with Crippen LogP contribution in [-0.2, 0) is 6.54 Å². The van der Waals surface area contributed by atoms with Crippen molar-refractivity contribution in [1.82, 2.24) is 29.8 Å². The standard InChI is InChI=1S/C21H19N7O3/c1-2-27-17-10-5-13(11-16(17)23-20(30)21(27)31)19(29)22-14-6-3-12(4-7-14)18-24-25-26-28(18)15-8-9-15/h3-7,10-11,15H,2,8-9H2,1H3,(H,22,29)(H,23,30). The molecule has 1 saturated carbocycles. The van der Waals surface area contributed by atoms with Crippen molar-refractivity contribution in [3.63, 3.8) is 0 Å². The Morgan fingerprint density at radius 2 is 1.94 bits per heavy atom. The van der Waals surface area contributed by atoms with E-state index in [0.29, 0.717) is 40.7 Å². The molecule has 2 aromatic heterocycles. The van der Waals surface area contributed by atoms with Gasteiger partial charge in [-0.05, 0) is 72.7 Å². The summed E-state index contributed by atoms with van der Waals surface area (Å²) in [6.45, 7) is 2.15. The first-order valence-corrected chi connectivity index (χ1v) is 10.0. The number of rotatable bonds is 5. The van der Waals surface area contributed by atoms with Crippen molar-refractivity contribution in [1.29, 1.82) is 0 Å². The molecule has 0 unspecified atom stereocenters. The van der Waals surface area contributed by atoms with E-state index in [2.05, 4.69) is 25.8 Å². The molecule has 4 aromatic rings.